The average Bonchev–Trinajstić information content (AvgIpc) is 2.77. The first-order chi connectivity index (χ1) is 15.2. The number of piperidine rings is 1. The molecular weight excluding hydrogens is 445 g/mol. The van der Waals surface area contributed by atoms with Gasteiger partial charge in [0.05, 0.1) is 16.9 Å². The van der Waals surface area contributed by atoms with Crippen LogP contribution in [0.1, 0.15) is 30.4 Å². The third-order valence-electron chi connectivity index (χ3n) is 5.08. The molecule has 0 radical (unpaired) electrons. The molecule has 7 nitrogen and oxygen atoms in total. The summed E-state index contributed by atoms with van der Waals surface area (Å²) in [6.45, 7) is 1.60. The van der Waals surface area contributed by atoms with E-state index in [1.807, 2.05) is 0 Å². The summed E-state index contributed by atoms with van der Waals surface area (Å²) < 4.78 is 64.4. The van der Waals surface area contributed by atoms with Gasteiger partial charge in [-0.05, 0) is 42.7 Å². The Bertz CT molecular complexity index is 1000. The first kappa shape index (κ1) is 24.0. The number of nitrogens with zero attached hydrogens (tertiary/aromatic N) is 2. The van der Waals surface area contributed by atoms with Crippen molar-refractivity contribution in [3.05, 3.63) is 53.7 Å². The number of carbonyl (C=O) groups excluding carboxylic acids is 1. The fourth-order valence-corrected chi connectivity index (χ4v) is 4.86. The van der Waals surface area contributed by atoms with Crippen molar-refractivity contribution >= 4 is 21.7 Å². The van der Waals surface area contributed by atoms with E-state index in [0.717, 1.165) is 31.5 Å². The van der Waals surface area contributed by atoms with Crippen LogP contribution >= 0.6 is 0 Å². The number of hydrogen-bond donors (Lipinski definition) is 2. The normalized spacial score (nSPS) is 15.3. The van der Waals surface area contributed by atoms with E-state index >= 15 is 0 Å². The highest BCUT2D eigenvalue weighted by Gasteiger charge is 2.30. The van der Waals surface area contributed by atoms with Crippen molar-refractivity contribution in [3.8, 4) is 0 Å². The van der Waals surface area contributed by atoms with E-state index in [4.69, 9.17) is 0 Å². The zero-order valence-corrected chi connectivity index (χ0v) is 18.2. The van der Waals surface area contributed by atoms with Crippen LogP contribution in [0.5, 0.6) is 0 Å². The zero-order chi connectivity index (χ0) is 23.2. The molecule has 0 bridgehead atoms. The topological polar surface area (TPSA) is 91.4 Å². The van der Waals surface area contributed by atoms with Crippen LogP contribution in [0.25, 0.3) is 0 Å². The van der Waals surface area contributed by atoms with E-state index in [1.165, 1.54) is 22.5 Å². The van der Waals surface area contributed by atoms with Gasteiger partial charge in [0.25, 0.3) is 0 Å². The molecule has 2 heterocycles. The van der Waals surface area contributed by atoms with Crippen LogP contribution in [0.4, 0.5) is 19.0 Å². The number of alkyl halides is 3. The van der Waals surface area contributed by atoms with Crippen molar-refractivity contribution < 1.29 is 26.4 Å². The Kier molecular flexibility index (Phi) is 7.73. The average molecular weight is 471 g/mol. The van der Waals surface area contributed by atoms with E-state index in [2.05, 4.69) is 15.6 Å². The minimum absolute atomic E-state index is 0.0859. The summed E-state index contributed by atoms with van der Waals surface area (Å²) in [6, 6.07) is 8.45. The van der Waals surface area contributed by atoms with Gasteiger partial charge in [-0.3, -0.25) is 4.79 Å². The Hall–Kier alpha value is -2.66. The molecule has 0 unspecified atom stereocenters. The standard InChI is InChI=1S/C21H25F3N4O3S/c22-21(23,24)17-6-9-19(27-15-17)25-10-11-26-20(29)14-16-4-7-18(8-5-16)32(30,31)28-12-2-1-3-13-28/h4-9,15H,1-3,10-14H2,(H,25,27)(H,26,29). The summed E-state index contributed by atoms with van der Waals surface area (Å²) in [5.41, 5.74) is -0.149. The first-order valence-electron chi connectivity index (χ1n) is 10.3. The Morgan fingerprint density at radius 2 is 1.69 bits per heavy atom. The van der Waals surface area contributed by atoms with Gasteiger partial charge < -0.3 is 10.6 Å². The molecular formula is C21H25F3N4O3S. The number of hydrogen-bond acceptors (Lipinski definition) is 5. The third-order valence-corrected chi connectivity index (χ3v) is 7.00. The highest BCUT2D eigenvalue weighted by molar-refractivity contribution is 7.89. The number of pyridine rings is 1. The van der Waals surface area contributed by atoms with Gasteiger partial charge in [0.2, 0.25) is 15.9 Å². The number of anilines is 1. The van der Waals surface area contributed by atoms with Gasteiger partial charge in [0, 0.05) is 32.4 Å². The van der Waals surface area contributed by atoms with Crippen LogP contribution in [0.2, 0.25) is 0 Å². The van der Waals surface area contributed by atoms with Gasteiger partial charge in [-0.2, -0.15) is 17.5 Å². The molecule has 0 saturated carbocycles. The lowest BCUT2D eigenvalue weighted by Crippen LogP contribution is -2.35. The van der Waals surface area contributed by atoms with Crippen LogP contribution in [-0.4, -0.2) is 49.8 Å². The maximum atomic E-state index is 12.7. The highest BCUT2D eigenvalue weighted by atomic mass is 32.2. The molecule has 1 aliphatic rings. The van der Waals surface area contributed by atoms with Crippen molar-refractivity contribution in [3.63, 3.8) is 0 Å². The second-order valence-corrected chi connectivity index (χ2v) is 9.43. The van der Waals surface area contributed by atoms with Crippen molar-refractivity contribution in [2.75, 3.05) is 31.5 Å². The quantitative estimate of drug-likeness (QED) is 0.579. The molecule has 1 aliphatic heterocycles. The molecule has 1 saturated heterocycles. The summed E-state index contributed by atoms with van der Waals surface area (Å²) in [6.07, 6.45) is -0.840. The predicted octanol–water partition coefficient (Wildman–Crippen LogP) is 3.05. The van der Waals surface area contributed by atoms with Crippen LogP contribution in [0.3, 0.4) is 0 Å². The van der Waals surface area contributed by atoms with Crippen LogP contribution in [0.15, 0.2) is 47.5 Å². The molecule has 2 N–H and O–H groups in total. The fraction of sp³-hybridized carbons (Fsp3) is 0.429. The van der Waals surface area contributed by atoms with E-state index < -0.39 is 21.8 Å². The van der Waals surface area contributed by atoms with Crippen LogP contribution in [-0.2, 0) is 27.4 Å². The van der Waals surface area contributed by atoms with Crippen LogP contribution in [0, 0.1) is 0 Å². The Morgan fingerprint density at radius 1 is 1.00 bits per heavy atom. The molecule has 1 aromatic carbocycles. The van der Waals surface area contributed by atoms with E-state index in [-0.39, 0.29) is 36.1 Å². The van der Waals surface area contributed by atoms with Crippen molar-refractivity contribution in [1.29, 1.82) is 0 Å². The maximum absolute atomic E-state index is 12.7. The number of carbonyl (C=O) groups is 1. The van der Waals surface area contributed by atoms with Gasteiger partial charge in [0.1, 0.15) is 5.82 Å². The second kappa shape index (κ2) is 10.3. The Morgan fingerprint density at radius 3 is 2.28 bits per heavy atom. The number of sulfonamides is 1. The molecule has 32 heavy (non-hydrogen) atoms. The molecule has 3 rings (SSSR count). The molecule has 11 heteroatoms. The minimum atomic E-state index is -4.44. The van der Waals surface area contributed by atoms with Crippen LogP contribution < -0.4 is 10.6 Å². The SMILES string of the molecule is O=C(Cc1ccc(S(=O)(=O)N2CCCCC2)cc1)NCCNc1ccc(C(F)(F)F)cn1. The fourth-order valence-electron chi connectivity index (χ4n) is 3.34. The third kappa shape index (κ3) is 6.42. The molecule has 2 aromatic rings. The molecule has 174 valence electrons. The van der Waals surface area contributed by atoms with Crippen molar-refractivity contribution in [2.45, 2.75) is 36.8 Å². The highest BCUT2D eigenvalue weighted by Crippen LogP contribution is 2.28. The summed E-state index contributed by atoms with van der Waals surface area (Å²) in [7, 11) is -3.51. The summed E-state index contributed by atoms with van der Waals surface area (Å²) in [4.78, 5) is 16.0. The summed E-state index contributed by atoms with van der Waals surface area (Å²) in [5, 5.41) is 5.53. The monoisotopic (exact) mass is 470 g/mol. The molecule has 0 spiro atoms. The molecule has 0 aliphatic carbocycles. The van der Waals surface area contributed by atoms with Gasteiger partial charge >= 0.3 is 6.18 Å². The van der Waals surface area contributed by atoms with E-state index in [9.17, 15) is 26.4 Å². The van der Waals surface area contributed by atoms with Gasteiger partial charge in [-0.15, -0.1) is 0 Å². The molecule has 1 aromatic heterocycles. The largest absolute Gasteiger partial charge is 0.417 e. The van der Waals surface area contributed by atoms with E-state index in [1.54, 1.807) is 12.1 Å². The van der Waals surface area contributed by atoms with Gasteiger partial charge in [-0.1, -0.05) is 18.6 Å². The summed E-state index contributed by atoms with van der Waals surface area (Å²) in [5.74, 6) is 0.0246. The van der Waals surface area contributed by atoms with Crippen molar-refractivity contribution in [2.24, 2.45) is 0 Å². The second-order valence-electron chi connectivity index (χ2n) is 7.49. The smallest absolute Gasteiger partial charge is 0.368 e. The maximum Gasteiger partial charge on any atom is 0.417 e. The minimum Gasteiger partial charge on any atom is -0.368 e. The molecule has 1 amide bonds. The number of aromatic nitrogens is 1. The first-order valence-corrected chi connectivity index (χ1v) is 11.7. The van der Waals surface area contributed by atoms with E-state index in [0.29, 0.717) is 18.7 Å². The number of nitrogens with one attached hydrogen (secondary N) is 2. The molecule has 1 fully saturated rings. The number of benzene rings is 1. The van der Waals surface area contributed by atoms with Crippen molar-refractivity contribution in [1.82, 2.24) is 14.6 Å². The Balaban J connectivity index is 1.43. The summed E-state index contributed by atoms with van der Waals surface area (Å²) >= 11 is 0. The lowest BCUT2D eigenvalue weighted by atomic mass is 10.1. The van der Waals surface area contributed by atoms with Gasteiger partial charge in [0.15, 0.2) is 0 Å². The lowest BCUT2D eigenvalue weighted by Gasteiger charge is -2.25. The molecule has 0 atom stereocenters. The Labute approximate surface area is 185 Å². The number of rotatable bonds is 8. The predicted molar refractivity (Wildman–Crippen MR) is 113 cm³/mol. The number of amides is 1. The number of halogens is 3. The lowest BCUT2D eigenvalue weighted by molar-refractivity contribution is -0.137. The zero-order valence-electron chi connectivity index (χ0n) is 17.4. The van der Waals surface area contributed by atoms with Gasteiger partial charge in [-0.25, -0.2) is 13.4 Å².